The molecule has 0 saturated carbocycles. The maximum absolute atomic E-state index is 4.20. The third-order valence-electron chi connectivity index (χ3n) is 2.07. The van der Waals surface area contributed by atoms with E-state index in [2.05, 4.69) is 27.5 Å². The number of hydrogen-bond donors (Lipinski definition) is 1. The van der Waals surface area contributed by atoms with E-state index in [0.29, 0.717) is 0 Å². The first-order valence-corrected chi connectivity index (χ1v) is 6.16. The summed E-state index contributed by atoms with van der Waals surface area (Å²) >= 11 is 1.57. The summed E-state index contributed by atoms with van der Waals surface area (Å²) in [6, 6.07) is 0. The molecule has 2 aromatic heterocycles. The highest BCUT2D eigenvalue weighted by atomic mass is 32.1. The van der Waals surface area contributed by atoms with E-state index in [1.165, 1.54) is 0 Å². The zero-order chi connectivity index (χ0) is 11.4. The quantitative estimate of drug-likeness (QED) is 0.801. The third kappa shape index (κ3) is 2.65. The highest BCUT2D eigenvalue weighted by Crippen LogP contribution is 2.14. The minimum absolute atomic E-state index is 0.783. The summed E-state index contributed by atoms with van der Waals surface area (Å²) in [7, 11) is 0. The summed E-state index contributed by atoms with van der Waals surface area (Å²) in [5, 5.41) is 17.5. The van der Waals surface area contributed by atoms with E-state index in [0.717, 1.165) is 35.2 Å². The van der Waals surface area contributed by atoms with Crippen LogP contribution in [0.5, 0.6) is 0 Å². The molecule has 0 radical (unpaired) electrons. The van der Waals surface area contributed by atoms with Gasteiger partial charge in [-0.05, 0) is 25.5 Å². The normalized spacial score (nSPS) is 10.9. The van der Waals surface area contributed by atoms with E-state index in [1.54, 1.807) is 16.0 Å². The lowest BCUT2D eigenvalue weighted by Gasteiger charge is -1.96. The summed E-state index contributed by atoms with van der Waals surface area (Å²) in [6.45, 7) is 5.95. The fourth-order valence-corrected chi connectivity index (χ4v) is 2.04. The lowest BCUT2D eigenvalue weighted by atomic mass is 10.4. The van der Waals surface area contributed by atoms with Crippen molar-refractivity contribution in [2.45, 2.75) is 26.8 Å². The van der Waals surface area contributed by atoms with Gasteiger partial charge in [0.25, 0.3) is 0 Å². The summed E-state index contributed by atoms with van der Waals surface area (Å²) in [5.41, 5.74) is 1.13. The fourth-order valence-electron chi connectivity index (χ4n) is 1.30. The average molecular weight is 237 g/mol. The van der Waals surface area contributed by atoms with Crippen LogP contribution in [-0.4, -0.2) is 26.5 Å². The fraction of sp³-hybridized carbons (Fsp3) is 0.500. The van der Waals surface area contributed by atoms with Gasteiger partial charge in [-0.25, -0.2) is 4.68 Å². The van der Waals surface area contributed by atoms with Crippen molar-refractivity contribution in [3.8, 4) is 5.13 Å². The van der Waals surface area contributed by atoms with E-state index >= 15 is 0 Å². The van der Waals surface area contributed by atoms with E-state index in [-0.39, 0.29) is 0 Å². The van der Waals surface area contributed by atoms with Gasteiger partial charge < -0.3 is 5.32 Å². The molecule has 0 aromatic carbocycles. The lowest BCUT2D eigenvalue weighted by molar-refractivity contribution is 0.667. The predicted molar refractivity (Wildman–Crippen MR) is 63.8 cm³/mol. The largest absolute Gasteiger partial charge is 0.310 e. The highest BCUT2D eigenvalue weighted by molar-refractivity contribution is 7.13. The first-order chi connectivity index (χ1) is 7.79. The number of aryl methyl sites for hydroxylation is 1. The van der Waals surface area contributed by atoms with Crippen LogP contribution in [0.4, 0.5) is 0 Å². The van der Waals surface area contributed by atoms with Gasteiger partial charge in [0.1, 0.15) is 5.01 Å². The smallest absolute Gasteiger partial charge is 0.232 e. The predicted octanol–water partition coefficient (Wildman–Crippen LogP) is 1.53. The summed E-state index contributed by atoms with van der Waals surface area (Å²) < 4.78 is 1.76. The van der Waals surface area contributed by atoms with Crippen molar-refractivity contribution in [1.82, 2.24) is 25.3 Å². The van der Waals surface area contributed by atoms with Crippen molar-refractivity contribution in [3.05, 3.63) is 23.0 Å². The highest BCUT2D eigenvalue weighted by Gasteiger charge is 2.06. The summed E-state index contributed by atoms with van der Waals surface area (Å²) in [6.07, 6.45) is 4.89. The van der Waals surface area contributed by atoms with Crippen molar-refractivity contribution in [3.63, 3.8) is 0 Å². The molecule has 0 aliphatic rings. The van der Waals surface area contributed by atoms with Gasteiger partial charge in [0.15, 0.2) is 0 Å². The summed E-state index contributed by atoms with van der Waals surface area (Å²) in [5.74, 6) is 0. The molecule has 0 fully saturated rings. The molecule has 2 rings (SSSR count). The lowest BCUT2D eigenvalue weighted by Crippen LogP contribution is -2.13. The van der Waals surface area contributed by atoms with Crippen molar-refractivity contribution in [2.24, 2.45) is 0 Å². The Morgan fingerprint density at radius 1 is 1.44 bits per heavy atom. The second-order valence-electron chi connectivity index (χ2n) is 3.62. The molecule has 0 amide bonds. The molecule has 2 heterocycles. The van der Waals surface area contributed by atoms with E-state index in [9.17, 15) is 0 Å². The van der Waals surface area contributed by atoms with Crippen molar-refractivity contribution < 1.29 is 0 Å². The van der Waals surface area contributed by atoms with E-state index in [1.807, 2.05) is 19.3 Å². The molecule has 6 heteroatoms. The minimum Gasteiger partial charge on any atom is -0.310 e. The number of rotatable bonds is 5. The third-order valence-corrected chi connectivity index (χ3v) is 2.98. The molecule has 5 nitrogen and oxygen atoms in total. The Morgan fingerprint density at radius 2 is 2.31 bits per heavy atom. The molecule has 1 N–H and O–H groups in total. The Kier molecular flexibility index (Phi) is 3.63. The average Bonchev–Trinajstić information content (AvgIpc) is 2.87. The topological polar surface area (TPSA) is 55.6 Å². The maximum Gasteiger partial charge on any atom is 0.232 e. The van der Waals surface area contributed by atoms with Crippen LogP contribution >= 0.6 is 11.3 Å². The zero-order valence-corrected chi connectivity index (χ0v) is 10.3. The van der Waals surface area contributed by atoms with Gasteiger partial charge in [0.2, 0.25) is 5.13 Å². The first kappa shape index (κ1) is 11.2. The van der Waals surface area contributed by atoms with Crippen LogP contribution in [0.15, 0.2) is 12.4 Å². The molecular formula is C10H15N5S. The van der Waals surface area contributed by atoms with Gasteiger partial charge >= 0.3 is 0 Å². The Morgan fingerprint density at radius 3 is 3.00 bits per heavy atom. The van der Waals surface area contributed by atoms with Crippen LogP contribution in [0.3, 0.4) is 0 Å². The molecule has 0 unspecified atom stereocenters. The van der Waals surface area contributed by atoms with Crippen molar-refractivity contribution >= 4 is 11.3 Å². The second kappa shape index (κ2) is 5.18. The van der Waals surface area contributed by atoms with Gasteiger partial charge in [-0.3, -0.25) is 0 Å². The Labute approximate surface area is 98.5 Å². The van der Waals surface area contributed by atoms with Crippen LogP contribution < -0.4 is 5.32 Å². The molecule has 2 aromatic rings. The molecule has 16 heavy (non-hydrogen) atoms. The van der Waals surface area contributed by atoms with Gasteiger partial charge in [0.05, 0.1) is 6.20 Å². The van der Waals surface area contributed by atoms with Crippen LogP contribution in [0, 0.1) is 6.92 Å². The number of nitrogens with one attached hydrogen (secondary N) is 1. The van der Waals surface area contributed by atoms with E-state index < -0.39 is 0 Å². The Bertz CT molecular complexity index is 448. The molecular weight excluding hydrogens is 222 g/mol. The number of nitrogens with zero attached hydrogens (tertiary/aromatic N) is 4. The monoisotopic (exact) mass is 237 g/mol. The summed E-state index contributed by atoms with van der Waals surface area (Å²) in [4.78, 5) is 0. The number of aromatic nitrogens is 4. The van der Waals surface area contributed by atoms with Crippen molar-refractivity contribution in [2.75, 3.05) is 6.54 Å². The standard InChI is InChI=1S/C10H15N5S/c1-3-4-11-6-9-13-14-10(16-9)15-7-8(2)5-12-15/h5,7,11H,3-4,6H2,1-2H3. The van der Waals surface area contributed by atoms with Crippen LogP contribution in [0.25, 0.3) is 5.13 Å². The maximum atomic E-state index is 4.20. The molecule has 0 aliphatic heterocycles. The minimum atomic E-state index is 0.783. The van der Waals surface area contributed by atoms with Gasteiger partial charge in [0, 0.05) is 12.7 Å². The van der Waals surface area contributed by atoms with Gasteiger partial charge in [-0.2, -0.15) is 5.10 Å². The SMILES string of the molecule is CCCNCc1nnc(-n2cc(C)cn2)s1. The van der Waals surface area contributed by atoms with Crippen LogP contribution in [0.2, 0.25) is 0 Å². The second-order valence-corrected chi connectivity index (χ2v) is 4.66. The molecule has 0 aliphatic carbocycles. The van der Waals surface area contributed by atoms with Gasteiger partial charge in [-0.1, -0.05) is 18.3 Å². The molecule has 86 valence electrons. The molecule has 0 spiro atoms. The number of hydrogen-bond acceptors (Lipinski definition) is 5. The van der Waals surface area contributed by atoms with Gasteiger partial charge in [-0.15, -0.1) is 10.2 Å². The first-order valence-electron chi connectivity index (χ1n) is 5.34. The Hall–Kier alpha value is -1.27. The van der Waals surface area contributed by atoms with Crippen molar-refractivity contribution in [1.29, 1.82) is 0 Å². The Balaban J connectivity index is 2.02. The molecule has 0 atom stereocenters. The van der Waals surface area contributed by atoms with E-state index in [4.69, 9.17) is 0 Å². The van der Waals surface area contributed by atoms with Crippen LogP contribution in [0.1, 0.15) is 23.9 Å². The molecule has 0 bridgehead atoms. The zero-order valence-electron chi connectivity index (χ0n) is 9.47. The molecule has 0 saturated heterocycles. The van der Waals surface area contributed by atoms with Crippen LogP contribution in [-0.2, 0) is 6.54 Å².